The van der Waals surface area contributed by atoms with Crippen molar-refractivity contribution in [3.8, 4) is 5.75 Å². The third-order valence-corrected chi connectivity index (χ3v) is 3.54. The van der Waals surface area contributed by atoms with E-state index in [2.05, 4.69) is 28.1 Å². The minimum Gasteiger partial charge on any atom is -0.492 e. The third-order valence-electron chi connectivity index (χ3n) is 2.89. The Balaban J connectivity index is 1.53. The van der Waals surface area contributed by atoms with Crippen LogP contribution in [0.15, 0.2) is 59.1 Å². The maximum atomic E-state index is 5.70. The zero-order valence-corrected chi connectivity index (χ0v) is 13.0. The Morgan fingerprint density at radius 1 is 0.800 bits per heavy atom. The Kier molecular flexibility index (Phi) is 6.61. The van der Waals surface area contributed by atoms with E-state index in [1.807, 2.05) is 42.5 Å². The summed E-state index contributed by atoms with van der Waals surface area (Å²) in [5.74, 6) is 0.901. The van der Waals surface area contributed by atoms with E-state index in [0.717, 1.165) is 36.3 Å². The van der Waals surface area contributed by atoms with Gasteiger partial charge in [0.05, 0.1) is 17.7 Å². The van der Waals surface area contributed by atoms with Crippen LogP contribution in [0.25, 0.3) is 0 Å². The molecular weight excluding hydrogens is 316 g/mol. The molecule has 0 unspecified atom stereocenters. The Labute approximate surface area is 128 Å². The molecule has 2 nitrogen and oxygen atoms in total. The topological polar surface area (TPSA) is 18.5 Å². The van der Waals surface area contributed by atoms with Gasteiger partial charge in [-0.1, -0.05) is 42.5 Å². The van der Waals surface area contributed by atoms with Gasteiger partial charge in [0.15, 0.2) is 0 Å². The van der Waals surface area contributed by atoms with Crippen molar-refractivity contribution in [3.63, 3.8) is 0 Å². The van der Waals surface area contributed by atoms with Crippen molar-refractivity contribution in [1.29, 1.82) is 0 Å². The highest BCUT2D eigenvalue weighted by Crippen LogP contribution is 2.23. The Morgan fingerprint density at radius 2 is 1.50 bits per heavy atom. The highest BCUT2D eigenvalue weighted by atomic mass is 79.9. The minimum atomic E-state index is 0.686. The minimum absolute atomic E-state index is 0.686. The molecule has 2 aromatic rings. The van der Waals surface area contributed by atoms with Gasteiger partial charge >= 0.3 is 0 Å². The van der Waals surface area contributed by atoms with E-state index >= 15 is 0 Å². The molecule has 0 saturated carbocycles. The number of para-hydroxylation sites is 1. The Bertz CT molecular complexity index is 499. The largest absolute Gasteiger partial charge is 0.492 e. The summed E-state index contributed by atoms with van der Waals surface area (Å²) in [6, 6.07) is 18.1. The second-order valence-electron chi connectivity index (χ2n) is 4.52. The van der Waals surface area contributed by atoms with Crippen LogP contribution in [0.1, 0.15) is 18.4 Å². The fourth-order valence-corrected chi connectivity index (χ4v) is 2.21. The maximum Gasteiger partial charge on any atom is 0.133 e. The van der Waals surface area contributed by atoms with Gasteiger partial charge in [-0.15, -0.1) is 0 Å². The van der Waals surface area contributed by atoms with Crippen molar-refractivity contribution >= 4 is 15.9 Å². The van der Waals surface area contributed by atoms with E-state index in [9.17, 15) is 0 Å². The number of unbranched alkanes of at least 4 members (excludes halogenated alkanes) is 1. The monoisotopic (exact) mass is 334 g/mol. The lowest BCUT2D eigenvalue weighted by Gasteiger charge is -2.08. The van der Waals surface area contributed by atoms with Crippen LogP contribution in [0.5, 0.6) is 5.75 Å². The summed E-state index contributed by atoms with van der Waals surface area (Å²) < 4.78 is 12.3. The van der Waals surface area contributed by atoms with Crippen LogP contribution in [-0.2, 0) is 11.3 Å². The molecule has 0 bridgehead atoms. The molecule has 2 aromatic carbocycles. The zero-order chi connectivity index (χ0) is 14.0. The third kappa shape index (κ3) is 5.35. The van der Waals surface area contributed by atoms with E-state index in [1.165, 1.54) is 5.56 Å². The number of hydrogen-bond donors (Lipinski definition) is 0. The molecule has 2 rings (SSSR count). The molecule has 3 heteroatoms. The fraction of sp³-hybridized carbons (Fsp3) is 0.294. The van der Waals surface area contributed by atoms with Crippen molar-refractivity contribution in [1.82, 2.24) is 0 Å². The molecule has 0 aliphatic rings. The Morgan fingerprint density at radius 3 is 2.30 bits per heavy atom. The molecule has 0 fully saturated rings. The summed E-state index contributed by atoms with van der Waals surface area (Å²) in [6.45, 7) is 2.18. The Hall–Kier alpha value is -1.32. The molecule has 0 saturated heterocycles. The van der Waals surface area contributed by atoms with Crippen LogP contribution >= 0.6 is 15.9 Å². The van der Waals surface area contributed by atoms with Crippen LogP contribution in [0.4, 0.5) is 0 Å². The molecule has 0 N–H and O–H groups in total. The summed E-state index contributed by atoms with van der Waals surface area (Å²) in [5, 5.41) is 0. The average Bonchev–Trinajstić information content (AvgIpc) is 2.49. The fourth-order valence-electron chi connectivity index (χ4n) is 1.81. The summed E-state index contributed by atoms with van der Waals surface area (Å²) >= 11 is 3.47. The predicted molar refractivity (Wildman–Crippen MR) is 85.0 cm³/mol. The number of ether oxygens (including phenoxy) is 2. The van der Waals surface area contributed by atoms with Gasteiger partial charge in [0.1, 0.15) is 5.75 Å². The maximum absolute atomic E-state index is 5.70. The molecule has 106 valence electrons. The van der Waals surface area contributed by atoms with E-state index in [0.29, 0.717) is 6.61 Å². The van der Waals surface area contributed by atoms with E-state index in [-0.39, 0.29) is 0 Å². The number of rotatable bonds is 8. The van der Waals surface area contributed by atoms with E-state index in [1.54, 1.807) is 0 Å². The second-order valence-corrected chi connectivity index (χ2v) is 5.38. The first-order valence-electron chi connectivity index (χ1n) is 6.85. The van der Waals surface area contributed by atoms with Gasteiger partial charge in [0, 0.05) is 6.61 Å². The van der Waals surface area contributed by atoms with Gasteiger partial charge in [0.25, 0.3) is 0 Å². The molecule has 0 spiro atoms. The quantitative estimate of drug-likeness (QED) is 0.644. The molecular formula is C17H19BrO2. The van der Waals surface area contributed by atoms with Gasteiger partial charge in [-0.2, -0.15) is 0 Å². The van der Waals surface area contributed by atoms with Crippen molar-refractivity contribution in [3.05, 3.63) is 64.6 Å². The molecule has 0 radical (unpaired) electrons. The number of benzene rings is 2. The van der Waals surface area contributed by atoms with Gasteiger partial charge < -0.3 is 9.47 Å². The van der Waals surface area contributed by atoms with Crippen molar-refractivity contribution in [2.75, 3.05) is 13.2 Å². The normalized spacial score (nSPS) is 10.4. The number of hydrogen-bond acceptors (Lipinski definition) is 2. The van der Waals surface area contributed by atoms with Gasteiger partial charge in [-0.05, 0) is 46.5 Å². The second kappa shape index (κ2) is 8.77. The highest BCUT2D eigenvalue weighted by molar-refractivity contribution is 9.10. The standard InChI is InChI=1S/C17H19BrO2/c18-16-10-4-5-11-17(16)20-13-7-6-12-19-14-15-8-2-1-3-9-15/h1-5,8-11H,6-7,12-14H2. The first-order chi connectivity index (χ1) is 9.86. The molecule has 0 heterocycles. The SMILES string of the molecule is Brc1ccccc1OCCCCOCc1ccccc1. The summed E-state index contributed by atoms with van der Waals surface area (Å²) in [7, 11) is 0. The first-order valence-corrected chi connectivity index (χ1v) is 7.64. The molecule has 0 aliphatic heterocycles. The average molecular weight is 335 g/mol. The molecule has 0 aromatic heterocycles. The summed E-state index contributed by atoms with van der Waals surface area (Å²) in [4.78, 5) is 0. The van der Waals surface area contributed by atoms with Crippen molar-refractivity contribution in [2.24, 2.45) is 0 Å². The van der Waals surface area contributed by atoms with E-state index < -0.39 is 0 Å². The van der Waals surface area contributed by atoms with Crippen LogP contribution in [-0.4, -0.2) is 13.2 Å². The first kappa shape index (κ1) is 15.1. The van der Waals surface area contributed by atoms with Crippen LogP contribution in [0, 0.1) is 0 Å². The van der Waals surface area contributed by atoms with Crippen LogP contribution < -0.4 is 4.74 Å². The lowest BCUT2D eigenvalue weighted by Crippen LogP contribution is -2.01. The van der Waals surface area contributed by atoms with Crippen LogP contribution in [0.3, 0.4) is 0 Å². The lowest BCUT2D eigenvalue weighted by atomic mass is 10.2. The van der Waals surface area contributed by atoms with Crippen molar-refractivity contribution < 1.29 is 9.47 Å². The van der Waals surface area contributed by atoms with Gasteiger partial charge in [-0.25, -0.2) is 0 Å². The smallest absolute Gasteiger partial charge is 0.133 e. The van der Waals surface area contributed by atoms with Crippen LogP contribution in [0.2, 0.25) is 0 Å². The van der Waals surface area contributed by atoms with Crippen molar-refractivity contribution in [2.45, 2.75) is 19.4 Å². The summed E-state index contributed by atoms with van der Waals surface area (Å²) in [6.07, 6.45) is 2.01. The summed E-state index contributed by atoms with van der Waals surface area (Å²) in [5.41, 5.74) is 1.22. The van der Waals surface area contributed by atoms with Gasteiger partial charge in [-0.3, -0.25) is 0 Å². The molecule has 0 aliphatic carbocycles. The van der Waals surface area contributed by atoms with E-state index in [4.69, 9.17) is 9.47 Å². The predicted octanol–water partition coefficient (Wildman–Crippen LogP) is 4.82. The number of halogens is 1. The molecule has 20 heavy (non-hydrogen) atoms. The molecule has 0 atom stereocenters. The molecule has 0 amide bonds. The highest BCUT2D eigenvalue weighted by Gasteiger charge is 1.98. The lowest BCUT2D eigenvalue weighted by molar-refractivity contribution is 0.113. The van der Waals surface area contributed by atoms with Gasteiger partial charge in [0.2, 0.25) is 0 Å². The zero-order valence-electron chi connectivity index (χ0n) is 11.4.